The van der Waals surface area contributed by atoms with Gasteiger partial charge in [-0.05, 0) is 37.9 Å². The lowest BCUT2D eigenvalue weighted by molar-refractivity contribution is 0.0946. The van der Waals surface area contributed by atoms with Crippen LogP contribution < -0.4 is 11.3 Å². The number of nitrogens with one attached hydrogen (secondary N) is 1. The van der Waals surface area contributed by atoms with Crippen LogP contribution >= 0.6 is 0 Å². The Balaban J connectivity index is 2.06. The van der Waals surface area contributed by atoms with Gasteiger partial charge in [-0.3, -0.25) is 15.1 Å². The Morgan fingerprint density at radius 1 is 1.50 bits per heavy atom. The first kappa shape index (κ1) is 14.9. The number of aromatic nitrogens is 1. The van der Waals surface area contributed by atoms with E-state index in [4.69, 9.17) is 10.9 Å². The summed E-state index contributed by atoms with van der Waals surface area (Å²) in [6.45, 7) is 1.93. The van der Waals surface area contributed by atoms with E-state index in [0.29, 0.717) is 18.3 Å². The van der Waals surface area contributed by atoms with Gasteiger partial charge in [-0.2, -0.15) is 0 Å². The second kappa shape index (κ2) is 7.33. The fourth-order valence-corrected chi connectivity index (χ4v) is 2.72. The van der Waals surface area contributed by atoms with Crippen molar-refractivity contribution >= 4 is 5.91 Å². The minimum absolute atomic E-state index is 0.213. The zero-order valence-electron chi connectivity index (χ0n) is 11.6. The van der Waals surface area contributed by atoms with E-state index in [2.05, 4.69) is 15.3 Å². The summed E-state index contributed by atoms with van der Waals surface area (Å²) in [5.74, 6) is 4.74. The number of pyridine rings is 1. The van der Waals surface area contributed by atoms with E-state index >= 15 is 0 Å². The number of likely N-dealkylation sites (tertiary alicyclic amines) is 1. The number of carbonyl (C=O) groups excluding carboxylic acids is 1. The van der Waals surface area contributed by atoms with Crippen LogP contribution in [0.1, 0.15) is 41.9 Å². The molecule has 1 atom stereocenters. The van der Waals surface area contributed by atoms with Gasteiger partial charge in [0.05, 0.1) is 5.69 Å². The fraction of sp³-hybridized carbons (Fsp3) is 0.571. The van der Waals surface area contributed by atoms with Crippen molar-refractivity contribution in [3.63, 3.8) is 0 Å². The first-order valence-corrected chi connectivity index (χ1v) is 7.06. The molecule has 1 aliphatic heterocycles. The molecule has 0 radical (unpaired) electrons. The monoisotopic (exact) mass is 278 g/mol. The number of nitrogens with zero attached hydrogens (tertiary/aromatic N) is 2. The molecular formula is C14H22N4O2. The van der Waals surface area contributed by atoms with Crippen molar-refractivity contribution in [3.8, 4) is 0 Å². The molecular weight excluding hydrogens is 256 g/mol. The van der Waals surface area contributed by atoms with Crippen molar-refractivity contribution in [2.75, 3.05) is 13.2 Å². The van der Waals surface area contributed by atoms with Crippen LogP contribution in [0, 0.1) is 0 Å². The highest BCUT2D eigenvalue weighted by molar-refractivity contribution is 5.91. The molecule has 0 spiro atoms. The Labute approximate surface area is 119 Å². The first-order chi connectivity index (χ1) is 9.74. The quantitative estimate of drug-likeness (QED) is 0.412. The van der Waals surface area contributed by atoms with Gasteiger partial charge in [-0.1, -0.05) is 12.5 Å². The molecule has 110 valence electrons. The smallest absolute Gasteiger partial charge is 0.283 e. The predicted octanol–water partition coefficient (Wildman–Crippen LogP) is 0.422. The van der Waals surface area contributed by atoms with Gasteiger partial charge in [-0.15, -0.1) is 0 Å². The van der Waals surface area contributed by atoms with Crippen LogP contribution in [0.2, 0.25) is 0 Å². The second-order valence-corrected chi connectivity index (χ2v) is 5.12. The van der Waals surface area contributed by atoms with E-state index in [-0.39, 0.29) is 12.5 Å². The number of hydrogen-bond donors (Lipinski definition) is 3. The fourth-order valence-electron chi connectivity index (χ4n) is 2.72. The maximum atomic E-state index is 11.5. The summed E-state index contributed by atoms with van der Waals surface area (Å²) in [6.07, 6.45) is 4.29. The Hall–Kier alpha value is -1.50. The van der Waals surface area contributed by atoms with Crippen molar-refractivity contribution in [3.05, 3.63) is 29.6 Å². The number of aliphatic hydroxyl groups excluding tert-OH is 1. The highest BCUT2D eigenvalue weighted by Gasteiger charge is 2.22. The molecule has 1 saturated heterocycles. The van der Waals surface area contributed by atoms with Crippen LogP contribution in [0.15, 0.2) is 18.2 Å². The number of carbonyl (C=O) groups is 1. The average Bonchev–Trinajstić information content (AvgIpc) is 2.49. The highest BCUT2D eigenvalue weighted by atomic mass is 16.3. The standard InChI is InChI=1S/C14H22N4O2/c15-17-14(20)13-6-3-4-11(16-13)10-18-8-2-1-5-12(18)7-9-19/h3-4,6,12,19H,1-2,5,7-10,15H2,(H,17,20). The van der Waals surface area contributed by atoms with Crippen LogP contribution in [0.4, 0.5) is 0 Å². The highest BCUT2D eigenvalue weighted by Crippen LogP contribution is 2.21. The van der Waals surface area contributed by atoms with Crippen LogP contribution in [0.5, 0.6) is 0 Å². The average molecular weight is 278 g/mol. The van der Waals surface area contributed by atoms with Crippen LogP contribution in [-0.4, -0.2) is 40.1 Å². The normalized spacial score (nSPS) is 19.8. The van der Waals surface area contributed by atoms with Gasteiger partial charge in [0.15, 0.2) is 0 Å². The molecule has 6 heteroatoms. The predicted molar refractivity (Wildman–Crippen MR) is 75.6 cm³/mol. The molecule has 0 aromatic carbocycles. The molecule has 2 heterocycles. The van der Waals surface area contributed by atoms with E-state index in [9.17, 15) is 4.79 Å². The number of amides is 1. The third-order valence-electron chi connectivity index (χ3n) is 3.75. The Bertz CT molecular complexity index is 451. The Kier molecular flexibility index (Phi) is 5.46. The van der Waals surface area contributed by atoms with Crippen molar-refractivity contribution in [1.29, 1.82) is 0 Å². The number of piperidine rings is 1. The van der Waals surface area contributed by atoms with E-state index in [1.807, 2.05) is 12.1 Å². The van der Waals surface area contributed by atoms with E-state index in [0.717, 1.165) is 25.1 Å². The molecule has 2 rings (SSSR count). The summed E-state index contributed by atoms with van der Waals surface area (Å²) in [6, 6.07) is 5.78. The van der Waals surface area contributed by atoms with Crippen LogP contribution in [0.3, 0.4) is 0 Å². The molecule has 1 fully saturated rings. The van der Waals surface area contributed by atoms with Gasteiger partial charge < -0.3 is 5.11 Å². The Morgan fingerprint density at radius 3 is 3.10 bits per heavy atom. The summed E-state index contributed by atoms with van der Waals surface area (Å²) in [5.41, 5.74) is 3.28. The van der Waals surface area contributed by atoms with E-state index < -0.39 is 0 Å². The SMILES string of the molecule is NNC(=O)c1cccc(CN2CCCCC2CCO)n1. The van der Waals surface area contributed by atoms with Gasteiger partial charge in [0.25, 0.3) is 5.91 Å². The van der Waals surface area contributed by atoms with Crippen molar-refractivity contribution in [2.24, 2.45) is 5.84 Å². The zero-order chi connectivity index (χ0) is 14.4. The minimum atomic E-state index is -0.377. The summed E-state index contributed by atoms with van der Waals surface area (Å²) < 4.78 is 0. The lowest BCUT2D eigenvalue weighted by Crippen LogP contribution is -2.39. The largest absolute Gasteiger partial charge is 0.396 e. The molecule has 1 unspecified atom stereocenters. The number of hydrogen-bond acceptors (Lipinski definition) is 5. The molecule has 20 heavy (non-hydrogen) atoms. The number of rotatable bonds is 5. The summed E-state index contributed by atoms with van der Waals surface area (Å²) in [5, 5.41) is 9.14. The molecule has 1 aromatic rings. The lowest BCUT2D eigenvalue weighted by atomic mass is 9.99. The first-order valence-electron chi connectivity index (χ1n) is 7.06. The van der Waals surface area contributed by atoms with Gasteiger partial charge >= 0.3 is 0 Å². The van der Waals surface area contributed by atoms with Crippen molar-refractivity contribution in [1.82, 2.24) is 15.3 Å². The Morgan fingerprint density at radius 2 is 2.35 bits per heavy atom. The number of nitrogens with two attached hydrogens (primary N) is 1. The maximum absolute atomic E-state index is 11.5. The molecule has 1 aliphatic rings. The second-order valence-electron chi connectivity index (χ2n) is 5.12. The zero-order valence-corrected chi connectivity index (χ0v) is 11.6. The number of aliphatic hydroxyl groups is 1. The van der Waals surface area contributed by atoms with Gasteiger partial charge in [0.1, 0.15) is 5.69 Å². The summed E-state index contributed by atoms with van der Waals surface area (Å²) >= 11 is 0. The molecule has 6 nitrogen and oxygen atoms in total. The summed E-state index contributed by atoms with van der Waals surface area (Å²) in [7, 11) is 0. The third-order valence-corrected chi connectivity index (χ3v) is 3.75. The van der Waals surface area contributed by atoms with Gasteiger partial charge in [-0.25, -0.2) is 10.8 Å². The van der Waals surface area contributed by atoms with Gasteiger partial charge in [0.2, 0.25) is 0 Å². The van der Waals surface area contributed by atoms with E-state index in [1.165, 1.54) is 12.8 Å². The topological polar surface area (TPSA) is 91.5 Å². The number of hydrazine groups is 1. The molecule has 0 bridgehead atoms. The molecule has 0 saturated carbocycles. The van der Waals surface area contributed by atoms with E-state index in [1.54, 1.807) is 6.07 Å². The maximum Gasteiger partial charge on any atom is 0.283 e. The van der Waals surface area contributed by atoms with Crippen LogP contribution in [0.25, 0.3) is 0 Å². The molecule has 0 aliphatic carbocycles. The number of nitrogen functional groups attached to an aromatic ring is 1. The van der Waals surface area contributed by atoms with Crippen molar-refractivity contribution in [2.45, 2.75) is 38.3 Å². The third kappa shape index (κ3) is 3.75. The minimum Gasteiger partial charge on any atom is -0.396 e. The van der Waals surface area contributed by atoms with Crippen molar-refractivity contribution < 1.29 is 9.90 Å². The van der Waals surface area contributed by atoms with Gasteiger partial charge in [0, 0.05) is 19.2 Å². The molecule has 4 N–H and O–H groups in total. The lowest BCUT2D eigenvalue weighted by Gasteiger charge is -2.35. The molecule has 1 amide bonds. The van der Waals surface area contributed by atoms with Crippen LogP contribution in [-0.2, 0) is 6.54 Å². The summed E-state index contributed by atoms with van der Waals surface area (Å²) in [4.78, 5) is 18.2. The molecule has 1 aromatic heterocycles.